The highest BCUT2D eigenvalue weighted by Gasteiger charge is 2.23. The lowest BCUT2D eigenvalue weighted by Gasteiger charge is -2.32. The molecule has 5 N–H and O–H groups in total. The molecule has 1 aromatic heterocycles. The Morgan fingerprint density at radius 2 is 1.93 bits per heavy atom. The zero-order chi connectivity index (χ0) is 20.5. The van der Waals surface area contributed by atoms with E-state index in [1.807, 2.05) is 19.9 Å². The van der Waals surface area contributed by atoms with Crippen molar-refractivity contribution in [2.75, 3.05) is 22.5 Å². The van der Waals surface area contributed by atoms with Gasteiger partial charge in [-0.2, -0.15) is 0 Å². The monoisotopic (exact) mass is 391 g/mol. The van der Waals surface area contributed by atoms with Gasteiger partial charge in [0.2, 0.25) is 0 Å². The third kappa shape index (κ3) is 3.76. The number of nitrogen functional groups attached to an aromatic ring is 1. The first-order chi connectivity index (χ1) is 13.9. The van der Waals surface area contributed by atoms with E-state index in [4.69, 9.17) is 5.73 Å². The minimum absolute atomic E-state index is 0.111. The molecule has 0 bridgehead atoms. The van der Waals surface area contributed by atoms with Crippen molar-refractivity contribution in [1.29, 1.82) is 0 Å². The predicted molar refractivity (Wildman–Crippen MR) is 114 cm³/mol. The molecule has 7 nitrogen and oxygen atoms in total. The first kappa shape index (κ1) is 18.9. The first-order valence-corrected chi connectivity index (χ1v) is 9.64. The van der Waals surface area contributed by atoms with Crippen molar-refractivity contribution >= 4 is 17.2 Å². The van der Waals surface area contributed by atoms with Crippen molar-refractivity contribution < 1.29 is 10.2 Å². The highest BCUT2D eigenvalue weighted by atomic mass is 16.3. The highest BCUT2D eigenvalue weighted by Crippen LogP contribution is 2.33. The molecular weight excluding hydrogens is 366 g/mol. The van der Waals surface area contributed by atoms with Gasteiger partial charge in [0.1, 0.15) is 12.1 Å². The normalized spacial score (nSPS) is 14.3. The van der Waals surface area contributed by atoms with Crippen LogP contribution in [-0.4, -0.2) is 26.7 Å². The van der Waals surface area contributed by atoms with Gasteiger partial charge in [0.25, 0.3) is 0 Å². The van der Waals surface area contributed by atoms with Crippen LogP contribution in [0, 0.1) is 6.92 Å². The van der Waals surface area contributed by atoms with Gasteiger partial charge in [-0.05, 0) is 49.2 Å². The van der Waals surface area contributed by atoms with E-state index in [1.54, 1.807) is 18.5 Å². The number of nitrogens with one attached hydrogen (secondary N) is 1. The topological polar surface area (TPSA) is 108 Å². The standard InChI is InChI=1S/C22H25N5O2/c1-13-3-5-19(17(23)9-13)27-8-7-18-16(11-27)22(25-12-24-18)26-14(2)15-4-6-20(28)21(29)10-15/h3-6,9-10,12,14,28-29H,7-8,11,23H2,1-2H3,(H,24,25,26)/t14-/m1/s1. The van der Waals surface area contributed by atoms with Crippen LogP contribution in [0.1, 0.15) is 35.3 Å². The summed E-state index contributed by atoms with van der Waals surface area (Å²) in [5.74, 6) is 0.499. The van der Waals surface area contributed by atoms with Gasteiger partial charge < -0.3 is 26.2 Å². The number of nitrogens with two attached hydrogens (primary N) is 1. The van der Waals surface area contributed by atoms with E-state index in [-0.39, 0.29) is 17.5 Å². The van der Waals surface area contributed by atoms with E-state index in [2.05, 4.69) is 32.3 Å². The largest absolute Gasteiger partial charge is 0.504 e. The number of nitrogens with zero attached hydrogens (tertiary/aromatic N) is 3. The van der Waals surface area contributed by atoms with Gasteiger partial charge in [-0.15, -0.1) is 0 Å². The Morgan fingerprint density at radius 3 is 2.69 bits per heavy atom. The molecule has 150 valence electrons. The molecule has 3 aromatic rings. The molecule has 0 saturated carbocycles. The fourth-order valence-electron chi connectivity index (χ4n) is 3.73. The van der Waals surface area contributed by atoms with E-state index in [0.717, 1.165) is 52.5 Å². The summed E-state index contributed by atoms with van der Waals surface area (Å²) in [7, 11) is 0. The molecule has 0 unspecified atom stereocenters. The average Bonchev–Trinajstić information content (AvgIpc) is 2.70. The van der Waals surface area contributed by atoms with Gasteiger partial charge in [-0.3, -0.25) is 0 Å². The summed E-state index contributed by atoms with van der Waals surface area (Å²) in [5.41, 5.74) is 12.1. The molecule has 0 radical (unpaired) electrons. The number of phenols is 2. The fourth-order valence-corrected chi connectivity index (χ4v) is 3.73. The number of phenolic OH excluding ortho intramolecular Hbond substituents is 2. The number of aromatic nitrogens is 2. The summed E-state index contributed by atoms with van der Waals surface area (Å²) in [6.07, 6.45) is 2.40. The molecule has 0 spiro atoms. The van der Waals surface area contributed by atoms with Crippen molar-refractivity contribution in [3.8, 4) is 11.5 Å². The molecule has 4 rings (SSSR count). The Balaban J connectivity index is 1.60. The number of hydrogen-bond acceptors (Lipinski definition) is 7. The third-order valence-corrected chi connectivity index (χ3v) is 5.38. The van der Waals surface area contributed by atoms with E-state index in [9.17, 15) is 10.2 Å². The number of aromatic hydroxyl groups is 2. The van der Waals surface area contributed by atoms with Gasteiger partial charge in [0, 0.05) is 25.1 Å². The third-order valence-electron chi connectivity index (χ3n) is 5.38. The van der Waals surface area contributed by atoms with Crippen LogP contribution >= 0.6 is 0 Å². The van der Waals surface area contributed by atoms with Gasteiger partial charge in [-0.25, -0.2) is 9.97 Å². The van der Waals surface area contributed by atoms with Crippen LogP contribution in [0.3, 0.4) is 0 Å². The van der Waals surface area contributed by atoms with Crippen LogP contribution in [0.25, 0.3) is 0 Å². The number of anilines is 3. The van der Waals surface area contributed by atoms with Crippen LogP contribution in [0.5, 0.6) is 11.5 Å². The van der Waals surface area contributed by atoms with Crippen molar-refractivity contribution in [1.82, 2.24) is 9.97 Å². The van der Waals surface area contributed by atoms with E-state index < -0.39 is 0 Å². The molecule has 2 heterocycles. The smallest absolute Gasteiger partial charge is 0.157 e. The van der Waals surface area contributed by atoms with Crippen LogP contribution in [-0.2, 0) is 13.0 Å². The maximum atomic E-state index is 9.79. The molecule has 2 aromatic carbocycles. The zero-order valence-electron chi connectivity index (χ0n) is 16.6. The quantitative estimate of drug-likeness (QED) is 0.398. The molecule has 1 atom stereocenters. The molecule has 0 fully saturated rings. The average molecular weight is 391 g/mol. The second-order valence-electron chi connectivity index (χ2n) is 7.50. The Labute approximate surface area is 169 Å². The minimum Gasteiger partial charge on any atom is -0.504 e. The van der Waals surface area contributed by atoms with Crippen LogP contribution in [0.15, 0.2) is 42.7 Å². The first-order valence-electron chi connectivity index (χ1n) is 9.64. The van der Waals surface area contributed by atoms with Gasteiger partial charge in [0.15, 0.2) is 11.5 Å². The highest BCUT2D eigenvalue weighted by molar-refractivity contribution is 5.69. The van der Waals surface area contributed by atoms with Crippen molar-refractivity contribution in [2.24, 2.45) is 0 Å². The fraction of sp³-hybridized carbons (Fsp3) is 0.273. The Bertz CT molecular complexity index is 1050. The number of fused-ring (bicyclic) bond motifs is 1. The number of hydrogen-bond donors (Lipinski definition) is 4. The SMILES string of the molecule is Cc1ccc(N2CCc3ncnc(N[C@H](C)c4ccc(O)c(O)c4)c3C2)c(N)c1. The molecular formula is C22H25N5O2. The molecule has 29 heavy (non-hydrogen) atoms. The van der Waals surface area contributed by atoms with Crippen LogP contribution < -0.4 is 16.0 Å². The number of aryl methyl sites for hydroxylation is 1. The molecule has 1 aliphatic rings. The number of benzene rings is 2. The maximum Gasteiger partial charge on any atom is 0.157 e. The van der Waals surface area contributed by atoms with Crippen molar-refractivity contribution in [3.63, 3.8) is 0 Å². The second kappa shape index (κ2) is 7.50. The Kier molecular flexibility index (Phi) is 4.88. The lowest BCUT2D eigenvalue weighted by molar-refractivity contribution is 0.403. The molecule has 1 aliphatic heterocycles. The summed E-state index contributed by atoms with van der Waals surface area (Å²) < 4.78 is 0. The minimum atomic E-state index is -0.137. The number of rotatable bonds is 4. The zero-order valence-corrected chi connectivity index (χ0v) is 16.6. The van der Waals surface area contributed by atoms with Gasteiger partial charge in [-0.1, -0.05) is 12.1 Å². The summed E-state index contributed by atoms with van der Waals surface area (Å²) in [5, 5.41) is 22.8. The molecule has 0 amide bonds. The van der Waals surface area contributed by atoms with Gasteiger partial charge in [0.05, 0.1) is 23.1 Å². The maximum absolute atomic E-state index is 9.79. The lowest BCUT2D eigenvalue weighted by atomic mass is 10.0. The Morgan fingerprint density at radius 1 is 1.10 bits per heavy atom. The Hall–Kier alpha value is -3.48. The lowest BCUT2D eigenvalue weighted by Crippen LogP contribution is -2.32. The molecule has 0 aliphatic carbocycles. The second-order valence-corrected chi connectivity index (χ2v) is 7.50. The summed E-state index contributed by atoms with van der Waals surface area (Å²) in [6.45, 7) is 5.53. The summed E-state index contributed by atoms with van der Waals surface area (Å²) in [6, 6.07) is 10.8. The summed E-state index contributed by atoms with van der Waals surface area (Å²) >= 11 is 0. The predicted octanol–water partition coefficient (Wildman–Crippen LogP) is 3.51. The van der Waals surface area contributed by atoms with Crippen molar-refractivity contribution in [3.05, 3.63) is 65.1 Å². The summed E-state index contributed by atoms with van der Waals surface area (Å²) in [4.78, 5) is 11.2. The van der Waals surface area contributed by atoms with Crippen LogP contribution in [0.4, 0.5) is 17.2 Å². The van der Waals surface area contributed by atoms with E-state index in [1.165, 1.54) is 6.07 Å². The van der Waals surface area contributed by atoms with Crippen molar-refractivity contribution in [2.45, 2.75) is 32.9 Å². The van der Waals surface area contributed by atoms with E-state index >= 15 is 0 Å². The molecule has 7 heteroatoms. The molecule has 0 saturated heterocycles. The van der Waals surface area contributed by atoms with Crippen LogP contribution in [0.2, 0.25) is 0 Å². The van der Waals surface area contributed by atoms with Gasteiger partial charge >= 0.3 is 0 Å². The van der Waals surface area contributed by atoms with E-state index in [0.29, 0.717) is 6.54 Å².